The average molecular weight is 385 g/mol. The van der Waals surface area contributed by atoms with Gasteiger partial charge in [-0.3, -0.25) is 4.90 Å². The van der Waals surface area contributed by atoms with Gasteiger partial charge >= 0.3 is 0 Å². The van der Waals surface area contributed by atoms with Gasteiger partial charge in [-0.05, 0) is 78.9 Å². The van der Waals surface area contributed by atoms with Gasteiger partial charge in [0, 0.05) is 18.8 Å². The molecule has 2 aliphatic heterocycles. The van der Waals surface area contributed by atoms with E-state index >= 15 is 0 Å². The largest absolute Gasteiger partial charge is 0.508 e. The Hall–Kier alpha value is -2.78. The van der Waals surface area contributed by atoms with E-state index in [1.54, 1.807) is 0 Å². The molecule has 29 heavy (non-hydrogen) atoms. The molecule has 148 valence electrons. The predicted octanol–water partition coefficient (Wildman–Crippen LogP) is 5.14. The van der Waals surface area contributed by atoms with Crippen LogP contribution < -0.4 is 4.90 Å². The number of rotatable bonds is 4. The van der Waals surface area contributed by atoms with E-state index < -0.39 is 0 Å². The van der Waals surface area contributed by atoms with Crippen molar-refractivity contribution in [2.45, 2.75) is 31.8 Å². The van der Waals surface area contributed by atoms with Crippen molar-refractivity contribution < 1.29 is 5.11 Å². The fourth-order valence-corrected chi connectivity index (χ4v) is 4.87. The first-order valence-corrected chi connectivity index (χ1v) is 10.7. The lowest BCUT2D eigenvalue weighted by atomic mass is 9.87. The van der Waals surface area contributed by atoms with Crippen molar-refractivity contribution in [3.8, 4) is 5.75 Å². The van der Waals surface area contributed by atoms with Crippen molar-refractivity contribution in [3.63, 3.8) is 0 Å². The molecule has 2 heterocycles. The summed E-state index contributed by atoms with van der Waals surface area (Å²) in [5, 5.41) is 9.98. The van der Waals surface area contributed by atoms with Gasteiger partial charge in [-0.25, -0.2) is 0 Å². The van der Waals surface area contributed by atoms with Crippen LogP contribution in [0, 0.1) is 0 Å². The molecule has 0 radical (unpaired) electrons. The average Bonchev–Trinajstić information content (AvgIpc) is 3.27. The third kappa shape index (κ3) is 3.75. The van der Waals surface area contributed by atoms with Gasteiger partial charge in [-0.15, -0.1) is 0 Å². The van der Waals surface area contributed by atoms with Crippen molar-refractivity contribution in [3.05, 3.63) is 95.1 Å². The number of phenols is 1. The molecule has 0 amide bonds. The highest BCUT2D eigenvalue weighted by Gasteiger charge is 2.29. The monoisotopic (exact) mass is 384 g/mol. The molecule has 2 aliphatic rings. The molecule has 0 bridgehead atoms. The lowest BCUT2D eigenvalue weighted by Gasteiger charge is -2.39. The molecular formula is C26H28N2O. The Morgan fingerprint density at radius 2 is 1.59 bits per heavy atom. The lowest BCUT2D eigenvalue weighted by molar-refractivity contribution is 0.331. The number of aromatic hydroxyl groups is 1. The third-order valence-electron chi connectivity index (χ3n) is 6.34. The minimum atomic E-state index is 0.169. The highest BCUT2D eigenvalue weighted by molar-refractivity contribution is 5.56. The number of fused-ring (bicyclic) bond motifs is 1. The van der Waals surface area contributed by atoms with Crippen LogP contribution in [0.4, 0.5) is 5.69 Å². The van der Waals surface area contributed by atoms with Gasteiger partial charge in [0.1, 0.15) is 5.75 Å². The first-order valence-electron chi connectivity index (χ1n) is 10.7. The lowest BCUT2D eigenvalue weighted by Crippen LogP contribution is -2.36. The number of para-hydroxylation sites is 1. The van der Waals surface area contributed by atoms with E-state index in [9.17, 15) is 5.11 Å². The number of hydrogen-bond donors (Lipinski definition) is 1. The van der Waals surface area contributed by atoms with Crippen LogP contribution in [0.2, 0.25) is 0 Å². The fraction of sp³-hybridized carbons (Fsp3) is 0.308. The highest BCUT2D eigenvalue weighted by atomic mass is 16.3. The summed E-state index contributed by atoms with van der Waals surface area (Å²) in [5.41, 5.74) is 6.50. The Morgan fingerprint density at radius 3 is 2.34 bits per heavy atom. The van der Waals surface area contributed by atoms with Crippen LogP contribution in [0.15, 0.2) is 72.8 Å². The van der Waals surface area contributed by atoms with E-state index in [-0.39, 0.29) is 6.04 Å². The minimum Gasteiger partial charge on any atom is -0.508 e. The van der Waals surface area contributed by atoms with Crippen LogP contribution in [-0.2, 0) is 13.0 Å². The molecule has 0 spiro atoms. The van der Waals surface area contributed by atoms with E-state index in [0.29, 0.717) is 5.75 Å². The smallest absolute Gasteiger partial charge is 0.115 e. The summed E-state index contributed by atoms with van der Waals surface area (Å²) in [6.45, 7) is 4.45. The molecule has 1 N–H and O–H groups in total. The molecule has 0 aromatic heterocycles. The van der Waals surface area contributed by atoms with Crippen LogP contribution in [0.1, 0.15) is 41.1 Å². The Balaban J connectivity index is 1.50. The fourth-order valence-electron chi connectivity index (χ4n) is 4.87. The molecule has 1 fully saturated rings. The summed E-state index contributed by atoms with van der Waals surface area (Å²) in [5.74, 6) is 0.358. The maximum atomic E-state index is 9.98. The van der Waals surface area contributed by atoms with Gasteiger partial charge in [0.25, 0.3) is 0 Å². The van der Waals surface area contributed by atoms with Crippen LogP contribution in [-0.4, -0.2) is 29.6 Å². The molecule has 3 aromatic carbocycles. The zero-order chi connectivity index (χ0) is 19.6. The second-order valence-electron chi connectivity index (χ2n) is 8.29. The summed E-state index contributed by atoms with van der Waals surface area (Å²) < 4.78 is 0. The number of likely N-dealkylation sites (tertiary alicyclic amines) is 1. The molecule has 3 heteroatoms. The van der Waals surface area contributed by atoms with Crippen LogP contribution >= 0.6 is 0 Å². The molecular weight excluding hydrogens is 356 g/mol. The van der Waals surface area contributed by atoms with Crippen molar-refractivity contribution in [2.24, 2.45) is 0 Å². The Morgan fingerprint density at radius 1 is 0.828 bits per heavy atom. The van der Waals surface area contributed by atoms with Crippen molar-refractivity contribution in [2.75, 3.05) is 24.5 Å². The van der Waals surface area contributed by atoms with Crippen LogP contribution in [0.3, 0.4) is 0 Å². The van der Waals surface area contributed by atoms with Crippen LogP contribution in [0.5, 0.6) is 5.75 Å². The molecule has 3 nitrogen and oxygen atoms in total. The Kier molecular flexibility index (Phi) is 4.99. The quantitative estimate of drug-likeness (QED) is 0.675. The van der Waals surface area contributed by atoms with Gasteiger partial charge in [0.15, 0.2) is 0 Å². The maximum Gasteiger partial charge on any atom is 0.115 e. The number of anilines is 1. The Labute approximate surface area is 173 Å². The molecule has 5 rings (SSSR count). The SMILES string of the molecule is Oc1ccc2c(c1)CCN(c1ccccc1)C2c1ccc(CN2CCCC2)cc1. The number of nitrogens with zero attached hydrogens (tertiary/aromatic N) is 2. The van der Waals surface area contributed by atoms with Gasteiger partial charge in [0.2, 0.25) is 0 Å². The van der Waals surface area contributed by atoms with Crippen molar-refractivity contribution >= 4 is 5.69 Å². The summed E-state index contributed by atoms with van der Waals surface area (Å²) >= 11 is 0. The standard InChI is InChI=1S/C26H28N2O/c29-24-12-13-25-22(18-24)14-17-28(23-6-2-1-3-7-23)26(25)21-10-8-20(9-11-21)19-27-15-4-5-16-27/h1-3,6-13,18,26,29H,4-5,14-17,19H2. The summed E-state index contributed by atoms with van der Waals surface area (Å²) in [6.07, 6.45) is 3.60. The maximum absolute atomic E-state index is 9.98. The predicted molar refractivity (Wildman–Crippen MR) is 118 cm³/mol. The summed E-state index contributed by atoms with van der Waals surface area (Å²) in [7, 11) is 0. The highest BCUT2D eigenvalue weighted by Crippen LogP contribution is 2.39. The third-order valence-corrected chi connectivity index (χ3v) is 6.34. The summed E-state index contributed by atoms with van der Waals surface area (Å²) in [6, 6.07) is 25.9. The van der Waals surface area contributed by atoms with E-state index in [2.05, 4.69) is 70.5 Å². The number of hydrogen-bond acceptors (Lipinski definition) is 3. The topological polar surface area (TPSA) is 26.7 Å². The van der Waals surface area contributed by atoms with Gasteiger partial charge in [0.05, 0.1) is 6.04 Å². The molecule has 1 atom stereocenters. The minimum absolute atomic E-state index is 0.169. The van der Waals surface area contributed by atoms with E-state index in [0.717, 1.165) is 19.5 Å². The normalized spacial score (nSPS) is 19.3. The first kappa shape index (κ1) is 18.3. The second-order valence-corrected chi connectivity index (χ2v) is 8.29. The zero-order valence-electron chi connectivity index (χ0n) is 16.8. The van der Waals surface area contributed by atoms with E-state index in [4.69, 9.17) is 0 Å². The first-order chi connectivity index (χ1) is 14.3. The van der Waals surface area contributed by atoms with Crippen LogP contribution in [0.25, 0.3) is 0 Å². The van der Waals surface area contributed by atoms with Crippen molar-refractivity contribution in [1.29, 1.82) is 0 Å². The van der Waals surface area contributed by atoms with E-state index in [1.165, 1.54) is 53.9 Å². The zero-order valence-corrected chi connectivity index (χ0v) is 16.8. The molecule has 1 saturated heterocycles. The molecule has 1 unspecified atom stereocenters. The molecule has 3 aromatic rings. The van der Waals surface area contributed by atoms with Gasteiger partial charge < -0.3 is 10.0 Å². The van der Waals surface area contributed by atoms with Crippen molar-refractivity contribution in [1.82, 2.24) is 4.90 Å². The second kappa shape index (κ2) is 7.92. The van der Waals surface area contributed by atoms with E-state index in [1.807, 2.05) is 12.1 Å². The number of benzene rings is 3. The van der Waals surface area contributed by atoms with Gasteiger partial charge in [-0.1, -0.05) is 48.5 Å². The Bertz CT molecular complexity index is 962. The molecule has 0 saturated carbocycles. The molecule has 0 aliphatic carbocycles. The number of phenolic OH excluding ortho intramolecular Hbond substituents is 1. The van der Waals surface area contributed by atoms with Gasteiger partial charge in [-0.2, -0.15) is 0 Å². The summed E-state index contributed by atoms with van der Waals surface area (Å²) in [4.78, 5) is 5.04.